The minimum atomic E-state index is -0.0628. The zero-order valence-electron chi connectivity index (χ0n) is 18.1. The van der Waals surface area contributed by atoms with Gasteiger partial charge < -0.3 is 14.6 Å². The standard InChI is InChI=1S/C26H32N2O3/c29-24(23-12-21-3-1-2-4-22(21)31-23)28-7-5-17(6-8-28)16-27-25(30)26-13-18-9-19(14-26)11-20(10-18)15-26/h1-4,12,17-20H,5-11,13-16H2,(H,27,30). The highest BCUT2D eigenvalue weighted by molar-refractivity contribution is 5.96. The summed E-state index contributed by atoms with van der Waals surface area (Å²) in [5, 5.41) is 4.31. The molecule has 5 heteroatoms. The largest absolute Gasteiger partial charge is 0.451 e. The van der Waals surface area contributed by atoms with E-state index in [0.717, 1.165) is 80.5 Å². The fourth-order valence-electron chi connectivity index (χ4n) is 7.40. The number of carbonyl (C=O) groups is 2. The number of nitrogens with one attached hydrogen (secondary N) is 1. The minimum Gasteiger partial charge on any atom is -0.451 e. The van der Waals surface area contributed by atoms with Gasteiger partial charge in [0, 0.05) is 30.4 Å². The van der Waals surface area contributed by atoms with Gasteiger partial charge in [0.1, 0.15) is 5.58 Å². The Balaban J connectivity index is 1.02. The summed E-state index contributed by atoms with van der Waals surface area (Å²) in [7, 11) is 0. The summed E-state index contributed by atoms with van der Waals surface area (Å²) in [6.45, 7) is 2.22. The molecule has 1 saturated heterocycles. The van der Waals surface area contributed by atoms with Gasteiger partial charge in [-0.15, -0.1) is 0 Å². The molecule has 2 amide bonds. The average Bonchev–Trinajstić information content (AvgIpc) is 3.21. The fourth-order valence-corrected chi connectivity index (χ4v) is 7.40. The molecule has 7 rings (SSSR count). The van der Waals surface area contributed by atoms with Crippen LogP contribution < -0.4 is 5.32 Å². The van der Waals surface area contributed by atoms with Crippen LogP contribution in [0.2, 0.25) is 0 Å². The Morgan fingerprint density at radius 3 is 2.29 bits per heavy atom. The molecule has 1 N–H and O–H groups in total. The van der Waals surface area contributed by atoms with E-state index in [1.165, 1.54) is 19.3 Å². The minimum absolute atomic E-state index is 0.0211. The summed E-state index contributed by atoms with van der Waals surface area (Å²) < 4.78 is 5.76. The number of hydrogen-bond acceptors (Lipinski definition) is 3. The van der Waals surface area contributed by atoms with E-state index in [-0.39, 0.29) is 11.3 Å². The third-order valence-electron chi connectivity index (χ3n) is 8.61. The second kappa shape index (κ2) is 7.39. The molecule has 1 aromatic heterocycles. The molecule has 4 bridgehead atoms. The number of fused-ring (bicyclic) bond motifs is 1. The first-order chi connectivity index (χ1) is 15.1. The Kier molecular flexibility index (Phi) is 4.62. The molecule has 0 radical (unpaired) electrons. The lowest BCUT2D eigenvalue weighted by Crippen LogP contribution is -2.54. The quantitative estimate of drug-likeness (QED) is 0.785. The number of furan rings is 1. The van der Waals surface area contributed by atoms with Crippen LogP contribution in [0, 0.1) is 29.1 Å². The summed E-state index contributed by atoms with van der Waals surface area (Å²) in [4.78, 5) is 28.0. The van der Waals surface area contributed by atoms with Crippen LogP contribution in [-0.2, 0) is 4.79 Å². The van der Waals surface area contributed by atoms with Crippen LogP contribution in [-0.4, -0.2) is 36.3 Å². The highest BCUT2D eigenvalue weighted by atomic mass is 16.3. The molecule has 4 aliphatic carbocycles. The Hall–Kier alpha value is -2.30. The van der Waals surface area contributed by atoms with Gasteiger partial charge in [-0.05, 0) is 87.2 Å². The van der Waals surface area contributed by atoms with Crippen LogP contribution in [0.15, 0.2) is 34.7 Å². The number of hydrogen-bond donors (Lipinski definition) is 1. The van der Waals surface area contributed by atoms with Crippen molar-refractivity contribution in [1.29, 1.82) is 0 Å². The number of rotatable bonds is 4. The number of nitrogens with zero attached hydrogens (tertiary/aromatic N) is 1. The van der Waals surface area contributed by atoms with Crippen molar-refractivity contribution in [2.75, 3.05) is 19.6 Å². The molecule has 4 saturated carbocycles. The van der Waals surface area contributed by atoms with Crippen molar-refractivity contribution < 1.29 is 14.0 Å². The van der Waals surface area contributed by atoms with E-state index in [1.54, 1.807) is 0 Å². The van der Waals surface area contributed by atoms with Gasteiger partial charge in [0.05, 0.1) is 0 Å². The van der Waals surface area contributed by atoms with Crippen LogP contribution in [0.3, 0.4) is 0 Å². The number of piperidine rings is 1. The summed E-state index contributed by atoms with van der Waals surface area (Å²) in [6, 6.07) is 9.58. The van der Waals surface area contributed by atoms with Gasteiger partial charge in [-0.3, -0.25) is 9.59 Å². The van der Waals surface area contributed by atoms with Gasteiger partial charge in [-0.1, -0.05) is 18.2 Å². The van der Waals surface area contributed by atoms with Gasteiger partial charge in [0.25, 0.3) is 5.91 Å². The molecule has 1 aromatic carbocycles. The zero-order chi connectivity index (χ0) is 21.0. The van der Waals surface area contributed by atoms with Crippen molar-refractivity contribution in [2.24, 2.45) is 29.1 Å². The number of carbonyl (C=O) groups excluding carboxylic acids is 2. The van der Waals surface area contributed by atoms with Crippen molar-refractivity contribution in [3.63, 3.8) is 0 Å². The average molecular weight is 421 g/mol. The van der Waals surface area contributed by atoms with E-state index in [0.29, 0.717) is 17.6 Å². The first-order valence-corrected chi connectivity index (χ1v) is 12.1. The van der Waals surface area contributed by atoms with Crippen molar-refractivity contribution in [1.82, 2.24) is 10.2 Å². The Labute approximate surface area is 183 Å². The molecular formula is C26H32N2O3. The highest BCUT2D eigenvalue weighted by Gasteiger charge is 2.54. The van der Waals surface area contributed by atoms with Crippen LogP contribution in [0.1, 0.15) is 61.9 Å². The third-order valence-corrected chi connectivity index (χ3v) is 8.61. The van der Waals surface area contributed by atoms with Crippen LogP contribution >= 0.6 is 0 Å². The summed E-state index contributed by atoms with van der Waals surface area (Å²) in [6.07, 6.45) is 9.33. The Bertz CT molecular complexity index is 933. The predicted octanol–water partition coefficient (Wildman–Crippen LogP) is 4.62. The number of para-hydroxylation sites is 1. The Morgan fingerprint density at radius 2 is 1.65 bits per heavy atom. The Morgan fingerprint density at radius 1 is 1.00 bits per heavy atom. The molecule has 2 aromatic rings. The molecule has 0 unspecified atom stereocenters. The smallest absolute Gasteiger partial charge is 0.289 e. The van der Waals surface area contributed by atoms with E-state index >= 15 is 0 Å². The summed E-state index contributed by atoms with van der Waals surface area (Å²) in [5.41, 5.74) is 0.695. The maximum atomic E-state index is 13.2. The molecule has 1 aliphatic heterocycles. The van der Waals surface area contributed by atoms with E-state index in [2.05, 4.69) is 5.32 Å². The van der Waals surface area contributed by atoms with Gasteiger partial charge >= 0.3 is 0 Å². The molecule has 5 aliphatic rings. The topological polar surface area (TPSA) is 62.6 Å². The maximum absolute atomic E-state index is 13.2. The molecule has 0 atom stereocenters. The van der Waals surface area contributed by atoms with Gasteiger partial charge in [-0.2, -0.15) is 0 Å². The lowest BCUT2D eigenvalue weighted by molar-refractivity contribution is -0.146. The lowest BCUT2D eigenvalue weighted by atomic mass is 9.49. The molecule has 5 fully saturated rings. The monoisotopic (exact) mass is 420 g/mol. The van der Waals surface area contributed by atoms with Crippen molar-refractivity contribution >= 4 is 22.8 Å². The first kappa shape index (κ1) is 19.4. The van der Waals surface area contributed by atoms with Crippen molar-refractivity contribution in [2.45, 2.75) is 51.4 Å². The van der Waals surface area contributed by atoms with E-state index < -0.39 is 0 Å². The fraction of sp³-hybridized carbons (Fsp3) is 0.615. The second-order valence-corrected chi connectivity index (χ2v) is 10.8. The SMILES string of the molecule is O=C(c1cc2ccccc2o1)N1CCC(CNC(=O)C23CC4CC(CC(C4)C2)C3)CC1. The number of benzene rings is 1. The summed E-state index contributed by atoms with van der Waals surface area (Å²) in [5.74, 6) is 3.57. The van der Waals surface area contributed by atoms with E-state index in [1.807, 2.05) is 35.2 Å². The van der Waals surface area contributed by atoms with Gasteiger partial charge in [-0.25, -0.2) is 0 Å². The molecule has 2 heterocycles. The highest BCUT2D eigenvalue weighted by Crippen LogP contribution is 2.60. The van der Waals surface area contributed by atoms with Crippen molar-refractivity contribution in [3.8, 4) is 0 Å². The van der Waals surface area contributed by atoms with Crippen LogP contribution in [0.4, 0.5) is 0 Å². The second-order valence-electron chi connectivity index (χ2n) is 10.8. The molecule has 5 nitrogen and oxygen atoms in total. The molecule has 164 valence electrons. The van der Waals surface area contributed by atoms with E-state index in [9.17, 15) is 9.59 Å². The van der Waals surface area contributed by atoms with Gasteiger partial charge in [0.15, 0.2) is 5.76 Å². The van der Waals surface area contributed by atoms with Crippen molar-refractivity contribution in [3.05, 3.63) is 36.1 Å². The van der Waals surface area contributed by atoms with Crippen LogP contribution in [0.25, 0.3) is 11.0 Å². The predicted molar refractivity (Wildman–Crippen MR) is 118 cm³/mol. The number of likely N-dealkylation sites (tertiary alicyclic amines) is 1. The van der Waals surface area contributed by atoms with E-state index in [4.69, 9.17) is 4.42 Å². The molecular weight excluding hydrogens is 388 g/mol. The van der Waals surface area contributed by atoms with Crippen LogP contribution in [0.5, 0.6) is 0 Å². The zero-order valence-corrected chi connectivity index (χ0v) is 18.1. The number of amides is 2. The normalized spacial score (nSPS) is 32.5. The summed E-state index contributed by atoms with van der Waals surface area (Å²) >= 11 is 0. The molecule has 0 spiro atoms. The maximum Gasteiger partial charge on any atom is 0.289 e. The van der Waals surface area contributed by atoms with Gasteiger partial charge in [0.2, 0.25) is 5.91 Å². The lowest BCUT2D eigenvalue weighted by Gasteiger charge is -2.55. The third kappa shape index (κ3) is 3.46. The first-order valence-electron chi connectivity index (χ1n) is 12.1. The molecule has 31 heavy (non-hydrogen) atoms.